The molecule has 0 radical (unpaired) electrons. The van der Waals surface area contributed by atoms with Gasteiger partial charge in [-0.15, -0.1) is 0 Å². The van der Waals surface area contributed by atoms with Crippen LogP contribution >= 0.6 is 0 Å². The Kier molecular flexibility index (Phi) is 3.69. The molecule has 1 aliphatic rings. The molecule has 0 fully saturated rings. The van der Waals surface area contributed by atoms with Gasteiger partial charge >= 0.3 is 0 Å². The van der Waals surface area contributed by atoms with Crippen molar-refractivity contribution in [3.63, 3.8) is 0 Å². The number of nitrogens with zero attached hydrogens (tertiary/aromatic N) is 2. The first-order chi connectivity index (χ1) is 12.1. The summed E-state index contributed by atoms with van der Waals surface area (Å²) in [5.41, 5.74) is 6.22. The highest BCUT2D eigenvalue weighted by Gasteiger charge is 2.28. The lowest BCUT2D eigenvalue weighted by molar-refractivity contribution is -0.115. The van der Waals surface area contributed by atoms with Crippen LogP contribution < -0.4 is 5.32 Å². The number of fused-ring (bicyclic) bond motifs is 1. The van der Waals surface area contributed by atoms with Crippen molar-refractivity contribution in [2.75, 3.05) is 5.32 Å². The van der Waals surface area contributed by atoms with E-state index in [1.807, 2.05) is 30.3 Å². The average molecular weight is 330 g/mol. The van der Waals surface area contributed by atoms with Gasteiger partial charge in [0.25, 0.3) is 0 Å². The van der Waals surface area contributed by atoms with E-state index in [-0.39, 0.29) is 11.8 Å². The quantitative estimate of drug-likeness (QED) is 0.709. The molecule has 5 nitrogen and oxygen atoms in total. The van der Waals surface area contributed by atoms with Gasteiger partial charge in [0, 0.05) is 23.5 Å². The summed E-state index contributed by atoms with van der Waals surface area (Å²) in [6, 6.07) is 15.9. The molecule has 1 amide bonds. The van der Waals surface area contributed by atoms with E-state index in [0.29, 0.717) is 5.82 Å². The number of rotatable bonds is 3. The van der Waals surface area contributed by atoms with Crippen LogP contribution in [0.25, 0.3) is 11.3 Å². The Labute approximate surface area is 145 Å². The molecule has 2 aromatic carbocycles. The van der Waals surface area contributed by atoms with Crippen molar-refractivity contribution in [3.8, 4) is 11.3 Å². The molecule has 0 spiro atoms. The average Bonchev–Trinajstić information content (AvgIpc) is 3.17. The zero-order valence-electron chi connectivity index (χ0n) is 14.1. The highest BCUT2D eigenvalue weighted by molar-refractivity contribution is 6.12. The second-order valence-corrected chi connectivity index (χ2v) is 6.29. The van der Waals surface area contributed by atoms with Crippen molar-refractivity contribution in [3.05, 3.63) is 65.2 Å². The number of carbonyl (C=O) groups is 1. The molecule has 0 aliphatic carbocycles. The number of aromatic amines is 1. The first kappa shape index (κ1) is 15.3. The molecule has 0 bridgehead atoms. The van der Waals surface area contributed by atoms with Gasteiger partial charge in [0.1, 0.15) is 5.92 Å². The number of para-hydroxylation sites is 1. The van der Waals surface area contributed by atoms with Crippen LogP contribution in [0.3, 0.4) is 0 Å². The van der Waals surface area contributed by atoms with E-state index >= 15 is 0 Å². The second-order valence-electron chi connectivity index (χ2n) is 6.29. The number of aromatic nitrogens is 2. The third-order valence-corrected chi connectivity index (χ3v) is 4.43. The van der Waals surface area contributed by atoms with Gasteiger partial charge in [0.05, 0.1) is 5.69 Å². The molecule has 2 N–H and O–H groups in total. The predicted octanol–water partition coefficient (Wildman–Crippen LogP) is 4.13. The van der Waals surface area contributed by atoms with Crippen molar-refractivity contribution in [2.45, 2.75) is 19.8 Å². The van der Waals surface area contributed by atoms with E-state index in [2.05, 4.69) is 52.6 Å². The minimum absolute atomic E-state index is 0.0601. The number of nitrogens with one attached hydrogen (secondary N) is 2. The maximum atomic E-state index is 12.1. The van der Waals surface area contributed by atoms with E-state index in [0.717, 1.165) is 22.5 Å². The Hall–Kier alpha value is -3.21. The molecule has 4 rings (SSSR count). The second kappa shape index (κ2) is 6.02. The Morgan fingerprint density at radius 2 is 1.96 bits per heavy atom. The van der Waals surface area contributed by atoms with Crippen LogP contribution in [0.1, 0.15) is 22.6 Å². The number of benzene rings is 2. The van der Waals surface area contributed by atoms with Crippen molar-refractivity contribution in [2.24, 2.45) is 4.99 Å². The highest BCUT2D eigenvalue weighted by Crippen LogP contribution is 2.31. The normalized spacial score (nSPS) is 16.2. The van der Waals surface area contributed by atoms with Crippen molar-refractivity contribution < 1.29 is 4.79 Å². The minimum Gasteiger partial charge on any atom is -0.325 e. The van der Waals surface area contributed by atoms with Crippen molar-refractivity contribution in [1.29, 1.82) is 0 Å². The highest BCUT2D eigenvalue weighted by atomic mass is 16.2. The predicted molar refractivity (Wildman–Crippen MR) is 99.5 cm³/mol. The van der Waals surface area contributed by atoms with E-state index in [4.69, 9.17) is 0 Å². The molecule has 25 heavy (non-hydrogen) atoms. The maximum absolute atomic E-state index is 12.1. The third-order valence-electron chi connectivity index (χ3n) is 4.43. The van der Waals surface area contributed by atoms with Crippen LogP contribution in [-0.2, 0) is 4.79 Å². The fourth-order valence-corrected chi connectivity index (χ4v) is 3.16. The molecule has 124 valence electrons. The molecular weight excluding hydrogens is 312 g/mol. The van der Waals surface area contributed by atoms with Gasteiger partial charge in [-0.05, 0) is 31.0 Å². The summed E-state index contributed by atoms with van der Waals surface area (Å²) in [4.78, 5) is 16.5. The van der Waals surface area contributed by atoms with Crippen LogP contribution in [0, 0.1) is 13.8 Å². The molecule has 0 saturated carbocycles. The summed E-state index contributed by atoms with van der Waals surface area (Å²) in [5.74, 6) is 0.125. The number of aliphatic imine (C=N–C) groups is 1. The summed E-state index contributed by atoms with van der Waals surface area (Å²) in [6.07, 6.45) is 1.66. The maximum Gasteiger partial charge on any atom is 0.237 e. The topological polar surface area (TPSA) is 70.1 Å². The Balaban J connectivity index is 1.59. The zero-order chi connectivity index (χ0) is 17.4. The number of carbonyl (C=O) groups excluding carboxylic acids is 1. The molecule has 1 unspecified atom stereocenters. The van der Waals surface area contributed by atoms with Crippen molar-refractivity contribution >= 4 is 23.6 Å². The van der Waals surface area contributed by atoms with Gasteiger partial charge in [0.15, 0.2) is 5.82 Å². The van der Waals surface area contributed by atoms with Crippen LogP contribution in [0.15, 0.2) is 53.5 Å². The smallest absolute Gasteiger partial charge is 0.237 e. The lowest BCUT2D eigenvalue weighted by Crippen LogP contribution is -2.12. The molecule has 1 aromatic heterocycles. The molecule has 5 heteroatoms. The third kappa shape index (κ3) is 2.85. The fourth-order valence-electron chi connectivity index (χ4n) is 3.16. The standard InChI is InChI=1S/C20H18N4O/c1-12-7-8-14(13(2)9-12)18-10-19(24-23-18)21-11-16-15-5-3-4-6-17(15)22-20(16)25/h3-11,16H,1-2H3,(H,22,25)(H,23,24). The Morgan fingerprint density at radius 3 is 2.80 bits per heavy atom. The monoisotopic (exact) mass is 330 g/mol. The van der Waals surface area contributed by atoms with E-state index in [1.165, 1.54) is 11.1 Å². The number of hydrogen-bond acceptors (Lipinski definition) is 3. The number of aryl methyl sites for hydroxylation is 2. The summed E-state index contributed by atoms with van der Waals surface area (Å²) >= 11 is 0. The number of hydrogen-bond donors (Lipinski definition) is 2. The SMILES string of the molecule is Cc1ccc(-c2cc(N=CC3C(=O)Nc4ccccc43)n[nH]2)c(C)c1. The number of anilines is 1. The largest absolute Gasteiger partial charge is 0.325 e. The summed E-state index contributed by atoms with van der Waals surface area (Å²) in [6.45, 7) is 4.15. The molecule has 3 aromatic rings. The molecule has 2 heterocycles. The lowest BCUT2D eigenvalue weighted by atomic mass is 10.0. The van der Waals surface area contributed by atoms with Gasteiger partial charge in [-0.1, -0.05) is 42.0 Å². The number of H-pyrrole nitrogens is 1. The fraction of sp³-hybridized carbons (Fsp3) is 0.150. The Bertz CT molecular complexity index is 987. The zero-order valence-corrected chi connectivity index (χ0v) is 14.1. The van der Waals surface area contributed by atoms with Crippen LogP contribution in [0.4, 0.5) is 11.5 Å². The minimum atomic E-state index is -0.377. The summed E-state index contributed by atoms with van der Waals surface area (Å²) in [7, 11) is 0. The van der Waals surface area contributed by atoms with E-state index < -0.39 is 0 Å². The van der Waals surface area contributed by atoms with Crippen LogP contribution in [-0.4, -0.2) is 22.3 Å². The summed E-state index contributed by atoms with van der Waals surface area (Å²) in [5, 5.41) is 10.1. The first-order valence-electron chi connectivity index (χ1n) is 8.19. The van der Waals surface area contributed by atoms with Crippen LogP contribution in [0.2, 0.25) is 0 Å². The van der Waals surface area contributed by atoms with Crippen LogP contribution in [0.5, 0.6) is 0 Å². The van der Waals surface area contributed by atoms with Gasteiger partial charge < -0.3 is 5.32 Å². The van der Waals surface area contributed by atoms with Gasteiger partial charge in [-0.25, -0.2) is 4.99 Å². The number of amides is 1. The molecule has 0 saturated heterocycles. The lowest BCUT2D eigenvalue weighted by Gasteiger charge is -2.03. The van der Waals surface area contributed by atoms with Gasteiger partial charge in [-0.2, -0.15) is 5.10 Å². The van der Waals surface area contributed by atoms with E-state index in [1.54, 1.807) is 6.21 Å². The molecule has 1 aliphatic heterocycles. The van der Waals surface area contributed by atoms with Gasteiger partial charge in [0.2, 0.25) is 5.91 Å². The first-order valence-corrected chi connectivity index (χ1v) is 8.19. The molecule has 1 atom stereocenters. The Morgan fingerprint density at radius 1 is 1.12 bits per heavy atom. The van der Waals surface area contributed by atoms with E-state index in [9.17, 15) is 4.79 Å². The summed E-state index contributed by atoms with van der Waals surface area (Å²) < 4.78 is 0. The van der Waals surface area contributed by atoms with Crippen molar-refractivity contribution in [1.82, 2.24) is 10.2 Å². The van der Waals surface area contributed by atoms with Gasteiger partial charge in [-0.3, -0.25) is 9.89 Å². The molecular formula is C20H18N4O.